The van der Waals surface area contributed by atoms with Gasteiger partial charge < -0.3 is 19.5 Å². The van der Waals surface area contributed by atoms with Crippen LogP contribution in [0.1, 0.15) is 11.1 Å². The maximum absolute atomic E-state index is 12.4. The fourth-order valence-corrected chi connectivity index (χ4v) is 3.67. The second kappa shape index (κ2) is 8.83. The molecule has 0 aliphatic carbocycles. The normalized spacial score (nSPS) is 10.4. The van der Waals surface area contributed by atoms with Crippen LogP contribution in [0.15, 0.2) is 35.7 Å². The lowest BCUT2D eigenvalue weighted by atomic mass is 10.0. The van der Waals surface area contributed by atoms with Gasteiger partial charge in [0.1, 0.15) is 0 Å². The summed E-state index contributed by atoms with van der Waals surface area (Å²) in [5, 5.41) is 7.95. The Morgan fingerprint density at radius 2 is 1.66 bits per heavy atom. The predicted molar refractivity (Wildman–Crippen MR) is 116 cm³/mol. The molecule has 152 valence electrons. The van der Waals surface area contributed by atoms with E-state index in [0.717, 1.165) is 16.8 Å². The molecular formula is C21H23N3O4S. The summed E-state index contributed by atoms with van der Waals surface area (Å²) in [5.74, 6) is 1.36. The van der Waals surface area contributed by atoms with Crippen LogP contribution in [0.2, 0.25) is 0 Å². The van der Waals surface area contributed by atoms with Crippen LogP contribution >= 0.6 is 11.3 Å². The van der Waals surface area contributed by atoms with E-state index in [9.17, 15) is 4.79 Å². The Bertz CT molecular complexity index is 1010. The third kappa shape index (κ3) is 4.60. The molecular weight excluding hydrogens is 390 g/mol. The summed E-state index contributed by atoms with van der Waals surface area (Å²) in [6, 6.07) is 9.10. The molecule has 0 atom stereocenters. The van der Waals surface area contributed by atoms with Gasteiger partial charge in [-0.05, 0) is 19.4 Å². The van der Waals surface area contributed by atoms with E-state index < -0.39 is 6.03 Å². The average molecular weight is 413 g/mol. The van der Waals surface area contributed by atoms with Crippen LogP contribution in [0.4, 0.5) is 15.6 Å². The van der Waals surface area contributed by atoms with Crippen molar-refractivity contribution in [1.82, 2.24) is 4.98 Å². The van der Waals surface area contributed by atoms with Crippen molar-refractivity contribution in [2.45, 2.75) is 13.8 Å². The summed E-state index contributed by atoms with van der Waals surface area (Å²) in [5.41, 5.74) is 4.72. The first kappa shape index (κ1) is 20.5. The minimum Gasteiger partial charge on any atom is -0.493 e. The highest BCUT2D eigenvalue weighted by Gasteiger charge is 2.15. The Labute approximate surface area is 173 Å². The molecule has 0 spiro atoms. The number of aromatic nitrogens is 1. The monoisotopic (exact) mass is 413 g/mol. The Kier molecular flexibility index (Phi) is 6.23. The molecule has 0 aliphatic rings. The van der Waals surface area contributed by atoms with E-state index in [4.69, 9.17) is 14.2 Å². The van der Waals surface area contributed by atoms with Crippen LogP contribution in [0.25, 0.3) is 11.3 Å². The number of hydrogen-bond acceptors (Lipinski definition) is 6. The van der Waals surface area contributed by atoms with Crippen molar-refractivity contribution in [3.63, 3.8) is 0 Å². The van der Waals surface area contributed by atoms with Crippen LogP contribution < -0.4 is 24.8 Å². The highest BCUT2D eigenvalue weighted by molar-refractivity contribution is 7.14. The first-order valence-electron chi connectivity index (χ1n) is 8.86. The molecule has 3 rings (SSSR count). The minimum atomic E-state index is -0.416. The van der Waals surface area contributed by atoms with Crippen LogP contribution in [0.5, 0.6) is 17.2 Å². The molecule has 2 aromatic carbocycles. The van der Waals surface area contributed by atoms with E-state index in [1.165, 1.54) is 38.2 Å². The molecule has 7 nitrogen and oxygen atoms in total. The number of amides is 2. The van der Waals surface area contributed by atoms with Crippen molar-refractivity contribution < 1.29 is 19.0 Å². The molecule has 2 amide bonds. The predicted octanol–water partition coefficient (Wildman–Crippen LogP) is 5.10. The zero-order valence-corrected chi connectivity index (χ0v) is 17.8. The highest BCUT2D eigenvalue weighted by Crippen LogP contribution is 2.40. The quantitative estimate of drug-likeness (QED) is 0.588. The minimum absolute atomic E-state index is 0.416. The molecule has 29 heavy (non-hydrogen) atoms. The number of hydrogen-bond donors (Lipinski definition) is 2. The van der Waals surface area contributed by atoms with Gasteiger partial charge in [-0.3, -0.25) is 5.32 Å². The van der Waals surface area contributed by atoms with E-state index in [2.05, 4.69) is 28.6 Å². The van der Waals surface area contributed by atoms with Gasteiger partial charge in [0, 0.05) is 23.1 Å². The first-order valence-corrected chi connectivity index (χ1v) is 9.74. The molecule has 1 heterocycles. The van der Waals surface area contributed by atoms with E-state index >= 15 is 0 Å². The topological polar surface area (TPSA) is 81.7 Å². The molecule has 1 aromatic heterocycles. The second-order valence-corrected chi connectivity index (χ2v) is 7.21. The van der Waals surface area contributed by atoms with Gasteiger partial charge in [-0.1, -0.05) is 23.8 Å². The summed E-state index contributed by atoms with van der Waals surface area (Å²) in [6.45, 7) is 4.10. The average Bonchev–Trinajstić information content (AvgIpc) is 3.14. The van der Waals surface area contributed by atoms with Gasteiger partial charge in [-0.15, -0.1) is 11.3 Å². The van der Waals surface area contributed by atoms with Crippen molar-refractivity contribution >= 4 is 28.2 Å². The summed E-state index contributed by atoms with van der Waals surface area (Å²) < 4.78 is 15.9. The number of benzene rings is 2. The molecule has 3 aromatic rings. The molecule has 0 radical (unpaired) electrons. The van der Waals surface area contributed by atoms with Crippen LogP contribution in [-0.4, -0.2) is 32.3 Å². The zero-order valence-electron chi connectivity index (χ0n) is 17.0. The van der Waals surface area contributed by atoms with Gasteiger partial charge in [-0.2, -0.15) is 0 Å². The van der Waals surface area contributed by atoms with E-state index in [1.807, 2.05) is 24.4 Å². The van der Waals surface area contributed by atoms with Crippen molar-refractivity contribution in [2.24, 2.45) is 0 Å². The summed E-state index contributed by atoms with van der Waals surface area (Å²) in [6.07, 6.45) is 0. The van der Waals surface area contributed by atoms with Crippen molar-refractivity contribution in [2.75, 3.05) is 32.0 Å². The van der Waals surface area contributed by atoms with Gasteiger partial charge in [0.05, 0.1) is 32.7 Å². The molecule has 0 saturated heterocycles. The molecule has 0 bridgehead atoms. The van der Waals surface area contributed by atoms with Gasteiger partial charge in [0.15, 0.2) is 16.6 Å². The molecule has 0 aliphatic heterocycles. The Balaban J connectivity index is 1.74. The smallest absolute Gasteiger partial charge is 0.325 e. The SMILES string of the molecule is COc1cc(NC(=O)Nc2nc(-c3ccc(C)cc3C)cs2)cc(OC)c1OC. The second-order valence-electron chi connectivity index (χ2n) is 6.35. The zero-order chi connectivity index (χ0) is 21.0. The molecule has 0 fully saturated rings. The number of aryl methyl sites for hydroxylation is 2. The molecule has 0 unspecified atom stereocenters. The number of thiazole rings is 1. The molecule has 2 N–H and O–H groups in total. The lowest BCUT2D eigenvalue weighted by Crippen LogP contribution is -2.19. The largest absolute Gasteiger partial charge is 0.493 e. The summed E-state index contributed by atoms with van der Waals surface area (Å²) >= 11 is 1.37. The standard InChI is InChI=1S/C21H23N3O4S/c1-12-6-7-15(13(2)8-12)16-11-29-21(23-16)24-20(25)22-14-9-17(26-3)19(28-5)18(10-14)27-4/h6-11H,1-5H3,(H2,22,23,24,25). The van der Waals surface area contributed by atoms with E-state index in [-0.39, 0.29) is 0 Å². The maximum atomic E-state index is 12.4. The number of carbonyl (C=O) groups is 1. The van der Waals surface area contributed by atoms with E-state index in [1.54, 1.807) is 12.1 Å². The van der Waals surface area contributed by atoms with Crippen molar-refractivity contribution in [3.8, 4) is 28.5 Å². The van der Waals surface area contributed by atoms with Crippen LogP contribution in [-0.2, 0) is 0 Å². The number of methoxy groups -OCH3 is 3. The number of ether oxygens (including phenoxy) is 3. The third-order valence-electron chi connectivity index (χ3n) is 4.31. The van der Waals surface area contributed by atoms with Crippen molar-refractivity contribution in [1.29, 1.82) is 0 Å². The lowest BCUT2D eigenvalue weighted by Gasteiger charge is -2.14. The number of nitrogens with one attached hydrogen (secondary N) is 2. The van der Waals surface area contributed by atoms with Gasteiger partial charge >= 0.3 is 6.03 Å². The third-order valence-corrected chi connectivity index (χ3v) is 5.06. The number of carbonyl (C=O) groups excluding carboxylic acids is 1. The van der Waals surface area contributed by atoms with E-state index in [0.29, 0.717) is 28.1 Å². The Morgan fingerprint density at radius 1 is 0.966 bits per heavy atom. The van der Waals surface area contributed by atoms with Gasteiger partial charge in [-0.25, -0.2) is 9.78 Å². The fraction of sp³-hybridized carbons (Fsp3) is 0.238. The lowest BCUT2D eigenvalue weighted by molar-refractivity contribution is 0.262. The number of rotatable bonds is 6. The maximum Gasteiger partial charge on any atom is 0.325 e. The Morgan fingerprint density at radius 3 is 2.24 bits per heavy atom. The number of urea groups is 1. The number of anilines is 2. The van der Waals surface area contributed by atoms with Crippen molar-refractivity contribution in [3.05, 3.63) is 46.8 Å². The summed E-state index contributed by atoms with van der Waals surface area (Å²) in [7, 11) is 4.56. The fourth-order valence-electron chi connectivity index (χ4n) is 2.97. The van der Waals surface area contributed by atoms with Gasteiger partial charge in [0.2, 0.25) is 5.75 Å². The molecule has 0 saturated carbocycles. The highest BCUT2D eigenvalue weighted by atomic mass is 32.1. The summed E-state index contributed by atoms with van der Waals surface area (Å²) in [4.78, 5) is 16.9. The Hall–Kier alpha value is -3.26. The van der Waals surface area contributed by atoms with Gasteiger partial charge in [0.25, 0.3) is 0 Å². The molecule has 8 heteroatoms. The van der Waals surface area contributed by atoms with Crippen LogP contribution in [0, 0.1) is 13.8 Å². The first-order chi connectivity index (χ1) is 13.9. The van der Waals surface area contributed by atoms with Crippen LogP contribution in [0.3, 0.4) is 0 Å². The number of nitrogens with zero attached hydrogens (tertiary/aromatic N) is 1.